The zero-order valence-electron chi connectivity index (χ0n) is 9.73. The van der Waals surface area contributed by atoms with E-state index in [1.54, 1.807) is 0 Å². The predicted molar refractivity (Wildman–Crippen MR) is 62.2 cm³/mol. The van der Waals surface area contributed by atoms with Gasteiger partial charge in [-0.2, -0.15) is 0 Å². The molecular weight excluding hydrogens is 172 g/mol. The summed E-state index contributed by atoms with van der Waals surface area (Å²) in [6.45, 7) is 5.99. The van der Waals surface area contributed by atoms with Gasteiger partial charge in [-0.25, -0.2) is 5.01 Å². The van der Waals surface area contributed by atoms with Gasteiger partial charge in [0.15, 0.2) is 0 Å². The third kappa shape index (κ3) is 7.34. The maximum absolute atomic E-state index is 3.40. The molecule has 0 unspecified atom stereocenters. The largest absolute Gasteiger partial charge is 0.255 e. The molecule has 1 aliphatic rings. The fourth-order valence-corrected chi connectivity index (χ4v) is 1.70. The number of nitrogens with zero attached hydrogens (tertiary/aromatic N) is 1. The van der Waals surface area contributed by atoms with Gasteiger partial charge in [0.2, 0.25) is 0 Å². The monoisotopic (exact) mass is 198 g/mol. The Hall–Kier alpha value is -0.0800. The number of hydrogen-bond donors (Lipinski definition) is 1. The normalized spacial score (nSPS) is 16.1. The predicted octanol–water partition coefficient (Wildman–Crippen LogP) is 2.95. The van der Waals surface area contributed by atoms with Crippen molar-refractivity contribution >= 4 is 0 Å². The maximum atomic E-state index is 3.40. The molecule has 1 heterocycles. The van der Waals surface area contributed by atoms with E-state index in [-0.39, 0.29) is 0 Å². The smallest absolute Gasteiger partial charge is 0.0273 e. The van der Waals surface area contributed by atoms with Crippen molar-refractivity contribution in [1.82, 2.24) is 10.4 Å². The van der Waals surface area contributed by atoms with Crippen molar-refractivity contribution < 1.29 is 0 Å². The second kappa shape index (κ2) is 8.25. The van der Waals surface area contributed by atoms with Crippen LogP contribution in [-0.4, -0.2) is 24.6 Å². The van der Waals surface area contributed by atoms with Gasteiger partial charge in [-0.3, -0.25) is 5.43 Å². The van der Waals surface area contributed by atoms with Crippen molar-refractivity contribution in [2.75, 3.05) is 19.6 Å². The van der Waals surface area contributed by atoms with Gasteiger partial charge in [0.25, 0.3) is 0 Å². The summed E-state index contributed by atoms with van der Waals surface area (Å²) in [5.41, 5.74) is 3.40. The molecule has 0 amide bonds. The van der Waals surface area contributed by atoms with Crippen molar-refractivity contribution in [3.63, 3.8) is 0 Å². The third-order valence-electron chi connectivity index (χ3n) is 2.81. The van der Waals surface area contributed by atoms with Crippen LogP contribution in [0.25, 0.3) is 0 Å². The molecule has 14 heavy (non-hydrogen) atoms. The molecule has 0 aromatic heterocycles. The van der Waals surface area contributed by atoms with Crippen LogP contribution in [0.3, 0.4) is 0 Å². The molecule has 1 rings (SSSR count). The molecule has 84 valence electrons. The van der Waals surface area contributed by atoms with Gasteiger partial charge in [-0.1, -0.05) is 51.9 Å². The Kier molecular flexibility index (Phi) is 7.06. The summed E-state index contributed by atoms with van der Waals surface area (Å²) in [5, 5.41) is 2.28. The first-order valence-corrected chi connectivity index (χ1v) is 6.42. The lowest BCUT2D eigenvalue weighted by Crippen LogP contribution is -2.21. The topological polar surface area (TPSA) is 15.0 Å². The highest BCUT2D eigenvalue weighted by molar-refractivity contribution is 4.66. The molecule has 2 nitrogen and oxygen atoms in total. The van der Waals surface area contributed by atoms with Crippen LogP contribution in [0, 0.1) is 0 Å². The summed E-state index contributed by atoms with van der Waals surface area (Å²) in [4.78, 5) is 0. The summed E-state index contributed by atoms with van der Waals surface area (Å²) >= 11 is 0. The molecule has 0 saturated carbocycles. The SMILES string of the molecule is CCCCCCCCCCNN1CC1. The van der Waals surface area contributed by atoms with Crippen molar-refractivity contribution in [3.05, 3.63) is 0 Å². The highest BCUT2D eigenvalue weighted by Gasteiger charge is 2.14. The molecule has 0 spiro atoms. The van der Waals surface area contributed by atoms with E-state index in [0.29, 0.717) is 0 Å². The average Bonchev–Trinajstić information content (AvgIpc) is 2.99. The average molecular weight is 198 g/mol. The van der Waals surface area contributed by atoms with Gasteiger partial charge in [-0.05, 0) is 6.42 Å². The second-order valence-electron chi connectivity index (χ2n) is 4.37. The van der Waals surface area contributed by atoms with Crippen molar-refractivity contribution in [3.8, 4) is 0 Å². The van der Waals surface area contributed by atoms with E-state index >= 15 is 0 Å². The Labute approximate surface area is 89.0 Å². The van der Waals surface area contributed by atoms with Crippen LogP contribution in [0.4, 0.5) is 0 Å². The van der Waals surface area contributed by atoms with Crippen LogP contribution < -0.4 is 5.43 Å². The minimum atomic E-state index is 1.19. The van der Waals surface area contributed by atoms with E-state index in [0.717, 1.165) is 0 Å². The molecule has 1 N–H and O–H groups in total. The van der Waals surface area contributed by atoms with Crippen molar-refractivity contribution in [2.24, 2.45) is 0 Å². The minimum Gasteiger partial charge on any atom is -0.255 e. The molecule has 0 aromatic rings. The lowest BCUT2D eigenvalue weighted by Gasteiger charge is -2.04. The molecule has 0 atom stereocenters. The fourth-order valence-electron chi connectivity index (χ4n) is 1.70. The molecule has 1 fully saturated rings. The first-order valence-electron chi connectivity index (χ1n) is 6.42. The summed E-state index contributed by atoms with van der Waals surface area (Å²) < 4.78 is 0. The van der Waals surface area contributed by atoms with E-state index in [1.165, 1.54) is 71.0 Å². The second-order valence-corrected chi connectivity index (χ2v) is 4.37. The van der Waals surface area contributed by atoms with Gasteiger partial charge < -0.3 is 0 Å². The first kappa shape index (κ1) is 12.0. The zero-order valence-corrected chi connectivity index (χ0v) is 9.73. The minimum absolute atomic E-state index is 1.19. The van der Waals surface area contributed by atoms with E-state index in [2.05, 4.69) is 17.4 Å². The van der Waals surface area contributed by atoms with E-state index < -0.39 is 0 Å². The molecular formula is C12H26N2. The number of rotatable bonds is 10. The van der Waals surface area contributed by atoms with Gasteiger partial charge >= 0.3 is 0 Å². The summed E-state index contributed by atoms with van der Waals surface area (Å²) in [5.74, 6) is 0. The molecule has 2 heteroatoms. The Morgan fingerprint density at radius 2 is 1.43 bits per heavy atom. The highest BCUT2D eigenvalue weighted by Crippen LogP contribution is 2.08. The molecule has 1 saturated heterocycles. The summed E-state index contributed by atoms with van der Waals surface area (Å²) in [7, 11) is 0. The van der Waals surface area contributed by atoms with Crippen LogP contribution in [-0.2, 0) is 0 Å². The maximum Gasteiger partial charge on any atom is 0.0273 e. The van der Waals surface area contributed by atoms with E-state index in [1.807, 2.05) is 0 Å². The summed E-state index contributed by atoms with van der Waals surface area (Å²) in [6.07, 6.45) is 11.3. The zero-order chi connectivity index (χ0) is 10.1. The van der Waals surface area contributed by atoms with E-state index in [9.17, 15) is 0 Å². The third-order valence-corrected chi connectivity index (χ3v) is 2.81. The molecule has 0 radical (unpaired) electrons. The Morgan fingerprint density at radius 3 is 2.00 bits per heavy atom. The first-order chi connectivity index (χ1) is 6.93. The van der Waals surface area contributed by atoms with Crippen LogP contribution in [0.5, 0.6) is 0 Å². The molecule has 0 aromatic carbocycles. The Morgan fingerprint density at radius 1 is 0.857 bits per heavy atom. The standard InChI is InChI=1S/C12H26N2/c1-2-3-4-5-6-7-8-9-10-13-14-11-12-14/h13H,2-12H2,1H3. The lowest BCUT2D eigenvalue weighted by molar-refractivity contribution is 0.392. The number of hydrazine groups is 1. The van der Waals surface area contributed by atoms with Crippen LogP contribution in [0.15, 0.2) is 0 Å². The van der Waals surface area contributed by atoms with Gasteiger partial charge in [0, 0.05) is 19.6 Å². The lowest BCUT2D eigenvalue weighted by atomic mass is 10.1. The number of hydrogen-bond acceptors (Lipinski definition) is 2. The van der Waals surface area contributed by atoms with E-state index in [4.69, 9.17) is 0 Å². The quantitative estimate of drug-likeness (QED) is 0.429. The van der Waals surface area contributed by atoms with Crippen molar-refractivity contribution in [2.45, 2.75) is 58.3 Å². The Balaban J connectivity index is 1.63. The Bertz CT molecular complexity index is 121. The highest BCUT2D eigenvalue weighted by atomic mass is 15.6. The van der Waals surface area contributed by atoms with Crippen molar-refractivity contribution in [1.29, 1.82) is 0 Å². The number of nitrogens with one attached hydrogen (secondary N) is 1. The van der Waals surface area contributed by atoms with Gasteiger partial charge in [0.1, 0.15) is 0 Å². The van der Waals surface area contributed by atoms with Crippen LogP contribution in [0.2, 0.25) is 0 Å². The molecule has 0 aliphatic carbocycles. The number of unbranched alkanes of at least 4 members (excludes halogenated alkanes) is 7. The van der Waals surface area contributed by atoms with Gasteiger partial charge in [-0.15, -0.1) is 0 Å². The van der Waals surface area contributed by atoms with Crippen LogP contribution in [0.1, 0.15) is 58.3 Å². The fraction of sp³-hybridized carbons (Fsp3) is 1.00. The van der Waals surface area contributed by atoms with Crippen LogP contribution >= 0.6 is 0 Å². The molecule has 1 aliphatic heterocycles. The molecule has 0 bridgehead atoms. The summed E-state index contributed by atoms with van der Waals surface area (Å²) in [6, 6.07) is 0. The van der Waals surface area contributed by atoms with Gasteiger partial charge in [0.05, 0.1) is 0 Å².